The molecule has 0 aliphatic heterocycles. The molecule has 2 N–H and O–H groups in total. The predicted molar refractivity (Wildman–Crippen MR) is 63.0 cm³/mol. The minimum absolute atomic E-state index is 0.175. The van der Waals surface area contributed by atoms with Crippen LogP contribution in [0, 0.1) is 0 Å². The van der Waals surface area contributed by atoms with Crippen LogP contribution >= 0.6 is 0 Å². The first-order valence-corrected chi connectivity index (χ1v) is 6.03. The molecule has 0 bridgehead atoms. The van der Waals surface area contributed by atoms with E-state index in [0.29, 0.717) is 31.7 Å². The zero-order chi connectivity index (χ0) is 15.0. The average Bonchev–Trinajstić information content (AvgIpc) is 2.80. The van der Waals surface area contributed by atoms with Crippen molar-refractivity contribution >= 4 is 6.08 Å². The van der Waals surface area contributed by atoms with Gasteiger partial charge >= 0.3 is 6.18 Å². The van der Waals surface area contributed by atoms with Crippen molar-refractivity contribution in [3.63, 3.8) is 0 Å². The standard InChI is InChI=1S/C13H12F3NO3/c14-13(15,16)10-6-8(19)5-9(11(10)20)12(17-7-18)3-1-2-4-12/h5-6,19-20H,1-4H2. The highest BCUT2D eigenvalue weighted by atomic mass is 19.4. The zero-order valence-electron chi connectivity index (χ0n) is 10.4. The van der Waals surface area contributed by atoms with Gasteiger partial charge in [0, 0.05) is 5.56 Å². The first-order chi connectivity index (χ1) is 9.30. The molecule has 1 aliphatic rings. The van der Waals surface area contributed by atoms with E-state index in [-0.39, 0.29) is 5.56 Å². The lowest BCUT2D eigenvalue weighted by Gasteiger charge is -2.25. The fraction of sp³-hybridized carbons (Fsp3) is 0.462. The van der Waals surface area contributed by atoms with Crippen molar-refractivity contribution in [2.45, 2.75) is 37.4 Å². The van der Waals surface area contributed by atoms with Crippen molar-refractivity contribution in [2.24, 2.45) is 4.99 Å². The lowest BCUT2D eigenvalue weighted by molar-refractivity contribution is -0.139. The number of aliphatic imine (C=N–C) groups is 1. The molecule has 1 aliphatic carbocycles. The Labute approximate surface area is 112 Å². The van der Waals surface area contributed by atoms with E-state index >= 15 is 0 Å². The van der Waals surface area contributed by atoms with E-state index in [1.54, 1.807) is 0 Å². The molecule has 0 heterocycles. The Morgan fingerprint density at radius 1 is 1.20 bits per heavy atom. The highest BCUT2D eigenvalue weighted by Crippen LogP contribution is 2.50. The number of phenolic OH excluding ortho intramolecular Hbond substituents is 2. The summed E-state index contributed by atoms with van der Waals surface area (Å²) < 4.78 is 38.5. The Balaban J connectivity index is 2.68. The van der Waals surface area contributed by atoms with Crippen LogP contribution in [0.5, 0.6) is 11.5 Å². The van der Waals surface area contributed by atoms with Gasteiger partial charge in [-0.1, -0.05) is 12.8 Å². The Kier molecular flexibility index (Phi) is 3.48. The molecular formula is C13H12F3NO3. The van der Waals surface area contributed by atoms with Crippen LogP contribution in [-0.4, -0.2) is 16.3 Å². The van der Waals surface area contributed by atoms with E-state index in [1.807, 2.05) is 0 Å². The summed E-state index contributed by atoms with van der Waals surface area (Å²) in [4.78, 5) is 14.2. The minimum atomic E-state index is -4.80. The number of phenols is 2. The molecule has 2 rings (SSSR count). The molecule has 7 heteroatoms. The minimum Gasteiger partial charge on any atom is -0.508 e. The number of hydrogen-bond donors (Lipinski definition) is 2. The molecule has 1 aromatic rings. The molecule has 0 saturated heterocycles. The number of carbonyl (C=O) groups excluding carboxylic acids is 1. The van der Waals surface area contributed by atoms with Gasteiger partial charge in [-0.25, -0.2) is 4.79 Å². The van der Waals surface area contributed by atoms with E-state index in [9.17, 15) is 28.2 Å². The second-order valence-corrected chi connectivity index (χ2v) is 4.83. The molecule has 20 heavy (non-hydrogen) atoms. The lowest BCUT2D eigenvalue weighted by Crippen LogP contribution is -2.20. The number of rotatable bonds is 2. The summed E-state index contributed by atoms with van der Waals surface area (Å²) in [7, 11) is 0. The van der Waals surface area contributed by atoms with Crippen molar-refractivity contribution < 1.29 is 28.2 Å². The molecule has 108 valence electrons. The summed E-state index contributed by atoms with van der Waals surface area (Å²) in [5, 5.41) is 19.4. The third-order valence-electron chi connectivity index (χ3n) is 3.59. The summed E-state index contributed by atoms with van der Waals surface area (Å²) in [6.07, 6.45) is -1.45. The van der Waals surface area contributed by atoms with Crippen LogP contribution in [-0.2, 0) is 16.5 Å². The molecule has 0 spiro atoms. The number of aromatic hydroxyl groups is 2. The van der Waals surface area contributed by atoms with Gasteiger partial charge in [-0.15, -0.1) is 0 Å². The number of hydrogen-bond acceptors (Lipinski definition) is 4. The van der Waals surface area contributed by atoms with Gasteiger partial charge in [0.15, 0.2) is 0 Å². The maximum absolute atomic E-state index is 12.8. The molecule has 1 fully saturated rings. The van der Waals surface area contributed by atoms with Crippen LogP contribution in [0.1, 0.15) is 36.8 Å². The van der Waals surface area contributed by atoms with Crippen LogP contribution < -0.4 is 0 Å². The predicted octanol–water partition coefficient (Wildman–Crippen LogP) is 3.22. The lowest BCUT2D eigenvalue weighted by atomic mass is 9.86. The molecule has 0 aromatic heterocycles. The maximum atomic E-state index is 12.8. The Morgan fingerprint density at radius 2 is 1.80 bits per heavy atom. The first-order valence-electron chi connectivity index (χ1n) is 6.03. The van der Waals surface area contributed by atoms with Crippen LogP contribution in [0.3, 0.4) is 0 Å². The quantitative estimate of drug-likeness (QED) is 0.498. The highest BCUT2D eigenvalue weighted by Gasteiger charge is 2.42. The van der Waals surface area contributed by atoms with Gasteiger partial charge < -0.3 is 10.2 Å². The Bertz CT molecular complexity index is 571. The topological polar surface area (TPSA) is 69.9 Å². The van der Waals surface area contributed by atoms with Crippen molar-refractivity contribution in [3.8, 4) is 11.5 Å². The number of isocyanates is 1. The van der Waals surface area contributed by atoms with Gasteiger partial charge in [0.05, 0.1) is 0 Å². The van der Waals surface area contributed by atoms with E-state index in [2.05, 4.69) is 4.99 Å². The summed E-state index contributed by atoms with van der Waals surface area (Å²) in [5.74, 6) is -1.62. The molecule has 0 radical (unpaired) electrons. The van der Waals surface area contributed by atoms with Crippen molar-refractivity contribution in [1.29, 1.82) is 0 Å². The molecular weight excluding hydrogens is 275 g/mol. The smallest absolute Gasteiger partial charge is 0.420 e. The van der Waals surface area contributed by atoms with Crippen LogP contribution in [0.2, 0.25) is 0 Å². The van der Waals surface area contributed by atoms with Gasteiger partial charge in [0.25, 0.3) is 0 Å². The summed E-state index contributed by atoms with van der Waals surface area (Å²) in [6.45, 7) is 0. The molecule has 1 aromatic carbocycles. The second-order valence-electron chi connectivity index (χ2n) is 4.83. The van der Waals surface area contributed by atoms with E-state index < -0.39 is 28.8 Å². The molecule has 0 unspecified atom stereocenters. The Morgan fingerprint density at radius 3 is 2.30 bits per heavy atom. The average molecular weight is 287 g/mol. The number of alkyl halides is 3. The third-order valence-corrected chi connectivity index (χ3v) is 3.59. The van der Waals surface area contributed by atoms with Crippen molar-refractivity contribution in [1.82, 2.24) is 0 Å². The van der Waals surface area contributed by atoms with Gasteiger partial charge in [0.1, 0.15) is 22.6 Å². The van der Waals surface area contributed by atoms with Crippen molar-refractivity contribution in [3.05, 3.63) is 23.3 Å². The van der Waals surface area contributed by atoms with Gasteiger partial charge in [0.2, 0.25) is 6.08 Å². The fourth-order valence-electron chi connectivity index (χ4n) is 2.68. The van der Waals surface area contributed by atoms with Gasteiger partial charge in [-0.05, 0) is 25.0 Å². The maximum Gasteiger partial charge on any atom is 0.420 e. The Hall–Kier alpha value is -2.01. The number of nitrogens with zero attached hydrogens (tertiary/aromatic N) is 1. The molecule has 0 amide bonds. The van der Waals surface area contributed by atoms with Crippen LogP contribution in [0.25, 0.3) is 0 Å². The SMILES string of the molecule is O=C=NC1(c2cc(O)cc(C(F)(F)F)c2O)CCCC1. The van der Waals surface area contributed by atoms with E-state index in [1.165, 1.54) is 6.08 Å². The second kappa shape index (κ2) is 4.83. The molecule has 0 atom stereocenters. The zero-order valence-corrected chi connectivity index (χ0v) is 10.4. The monoisotopic (exact) mass is 287 g/mol. The van der Waals surface area contributed by atoms with Gasteiger partial charge in [-0.2, -0.15) is 18.2 Å². The van der Waals surface area contributed by atoms with Gasteiger partial charge in [-0.3, -0.25) is 0 Å². The third kappa shape index (κ3) is 2.36. The number of benzene rings is 1. The van der Waals surface area contributed by atoms with E-state index in [0.717, 1.165) is 6.07 Å². The van der Waals surface area contributed by atoms with Crippen LogP contribution in [0.15, 0.2) is 17.1 Å². The molecule has 1 saturated carbocycles. The van der Waals surface area contributed by atoms with E-state index in [4.69, 9.17) is 0 Å². The van der Waals surface area contributed by atoms with Crippen molar-refractivity contribution in [2.75, 3.05) is 0 Å². The normalized spacial score (nSPS) is 17.8. The summed E-state index contributed by atoms with van der Waals surface area (Å²) >= 11 is 0. The largest absolute Gasteiger partial charge is 0.508 e. The fourth-order valence-corrected chi connectivity index (χ4v) is 2.68. The molecule has 4 nitrogen and oxygen atoms in total. The summed E-state index contributed by atoms with van der Waals surface area (Å²) in [5.41, 5.74) is -2.74. The summed E-state index contributed by atoms with van der Waals surface area (Å²) in [6, 6.07) is 1.48. The number of halogens is 3. The van der Waals surface area contributed by atoms with Crippen LogP contribution in [0.4, 0.5) is 13.2 Å². The highest BCUT2D eigenvalue weighted by molar-refractivity contribution is 5.52. The first kappa shape index (κ1) is 14.4.